The summed E-state index contributed by atoms with van der Waals surface area (Å²) in [5.41, 5.74) is 2.06. The molecule has 2 aromatic carbocycles. The number of urea groups is 1. The predicted molar refractivity (Wildman–Crippen MR) is 153 cm³/mol. The first-order chi connectivity index (χ1) is 18.3. The van der Waals surface area contributed by atoms with Gasteiger partial charge in [-0.2, -0.15) is 0 Å². The second-order valence-corrected chi connectivity index (χ2v) is 10.7. The molecule has 1 heterocycles. The lowest BCUT2D eigenvalue weighted by molar-refractivity contribution is -0.132. The molecule has 38 heavy (non-hydrogen) atoms. The van der Waals surface area contributed by atoms with E-state index in [0.29, 0.717) is 37.6 Å². The van der Waals surface area contributed by atoms with Crippen molar-refractivity contribution in [2.45, 2.75) is 52.7 Å². The van der Waals surface area contributed by atoms with E-state index in [9.17, 15) is 9.59 Å². The number of nitrogens with one attached hydrogen (secondary N) is 1. The van der Waals surface area contributed by atoms with Crippen LogP contribution in [0, 0.1) is 6.92 Å². The largest absolute Gasteiger partial charge is 0.493 e. The normalized spacial score (nSPS) is 11.5. The van der Waals surface area contributed by atoms with Gasteiger partial charge < -0.3 is 24.6 Å². The second-order valence-electron chi connectivity index (χ2n) is 9.30. The van der Waals surface area contributed by atoms with Gasteiger partial charge in [-0.3, -0.25) is 4.79 Å². The maximum Gasteiger partial charge on any atom is 0.318 e. The number of hydrogen-bond acceptors (Lipinski definition) is 5. The summed E-state index contributed by atoms with van der Waals surface area (Å²) in [4.78, 5) is 32.7. The third kappa shape index (κ3) is 8.25. The topological polar surface area (TPSA) is 71.1 Å². The van der Waals surface area contributed by atoms with Gasteiger partial charge in [-0.15, -0.1) is 11.3 Å². The zero-order valence-electron chi connectivity index (χ0n) is 23.0. The van der Waals surface area contributed by atoms with E-state index < -0.39 is 0 Å². The summed E-state index contributed by atoms with van der Waals surface area (Å²) in [6.45, 7) is 7.52. The number of amides is 3. The van der Waals surface area contributed by atoms with Crippen molar-refractivity contribution in [1.82, 2.24) is 15.1 Å². The Kier molecular flexibility index (Phi) is 11.0. The summed E-state index contributed by atoms with van der Waals surface area (Å²) in [7, 11) is 3.23. The molecule has 1 aromatic heterocycles. The molecule has 0 aliphatic rings. The Bertz CT molecular complexity index is 1180. The number of ether oxygens (including phenoxy) is 2. The first-order valence-electron chi connectivity index (χ1n) is 13.0. The summed E-state index contributed by atoms with van der Waals surface area (Å²) < 4.78 is 10.8. The van der Waals surface area contributed by atoms with Crippen molar-refractivity contribution in [2.75, 3.05) is 27.3 Å². The van der Waals surface area contributed by atoms with E-state index in [1.54, 1.807) is 30.5 Å². The summed E-state index contributed by atoms with van der Waals surface area (Å²) in [6.07, 6.45) is 1.40. The van der Waals surface area contributed by atoms with Crippen LogP contribution in [-0.2, 0) is 24.3 Å². The maximum absolute atomic E-state index is 13.7. The molecule has 8 heteroatoms. The van der Waals surface area contributed by atoms with Crippen molar-refractivity contribution in [1.29, 1.82) is 0 Å². The highest BCUT2D eigenvalue weighted by Gasteiger charge is 2.25. The van der Waals surface area contributed by atoms with E-state index in [4.69, 9.17) is 9.47 Å². The number of rotatable bonds is 13. The van der Waals surface area contributed by atoms with Gasteiger partial charge in [0.15, 0.2) is 11.5 Å². The Morgan fingerprint density at radius 3 is 2.34 bits per heavy atom. The zero-order chi connectivity index (χ0) is 27.5. The zero-order valence-corrected chi connectivity index (χ0v) is 23.8. The van der Waals surface area contributed by atoms with Crippen LogP contribution in [0.2, 0.25) is 0 Å². The average Bonchev–Trinajstić information content (AvgIpc) is 3.36. The van der Waals surface area contributed by atoms with Crippen LogP contribution in [0.25, 0.3) is 0 Å². The Balaban J connectivity index is 1.74. The molecule has 3 aromatic rings. The highest BCUT2D eigenvalue weighted by Crippen LogP contribution is 2.28. The molecule has 0 saturated heterocycles. The molecule has 0 fully saturated rings. The second kappa shape index (κ2) is 14.4. The highest BCUT2D eigenvalue weighted by molar-refractivity contribution is 7.11. The molecule has 0 aliphatic heterocycles. The van der Waals surface area contributed by atoms with Crippen molar-refractivity contribution >= 4 is 23.3 Å². The molecule has 0 saturated carbocycles. The van der Waals surface area contributed by atoms with Crippen molar-refractivity contribution < 1.29 is 19.1 Å². The number of carbonyl (C=O) groups excluding carboxylic acids is 2. The number of carbonyl (C=O) groups is 2. The van der Waals surface area contributed by atoms with E-state index in [1.165, 1.54) is 4.88 Å². The number of benzene rings is 2. The number of methoxy groups -OCH3 is 2. The molecule has 3 amide bonds. The van der Waals surface area contributed by atoms with Crippen molar-refractivity contribution in [2.24, 2.45) is 0 Å². The van der Waals surface area contributed by atoms with Gasteiger partial charge >= 0.3 is 6.03 Å². The van der Waals surface area contributed by atoms with E-state index in [0.717, 1.165) is 22.4 Å². The summed E-state index contributed by atoms with van der Waals surface area (Å²) in [5.74, 6) is 1.26. The third-order valence-corrected chi connectivity index (χ3v) is 7.58. The van der Waals surface area contributed by atoms with Crippen LogP contribution in [0.3, 0.4) is 0 Å². The minimum atomic E-state index is -0.233. The van der Waals surface area contributed by atoms with Gasteiger partial charge in [-0.1, -0.05) is 43.3 Å². The Morgan fingerprint density at radius 1 is 0.974 bits per heavy atom. The van der Waals surface area contributed by atoms with Crippen molar-refractivity contribution in [3.63, 3.8) is 0 Å². The number of aryl methyl sites for hydroxylation is 1. The summed E-state index contributed by atoms with van der Waals surface area (Å²) >= 11 is 1.68. The molecule has 204 valence electrons. The van der Waals surface area contributed by atoms with Crippen LogP contribution in [-0.4, -0.2) is 55.1 Å². The first kappa shape index (κ1) is 29.0. The van der Waals surface area contributed by atoms with Gasteiger partial charge in [-0.25, -0.2) is 4.79 Å². The fourth-order valence-electron chi connectivity index (χ4n) is 4.12. The number of thiophene rings is 1. The van der Waals surface area contributed by atoms with E-state index >= 15 is 0 Å². The minimum absolute atomic E-state index is 0.0198. The fraction of sp³-hybridized carbons (Fsp3) is 0.400. The Hall–Kier alpha value is -3.52. The Morgan fingerprint density at radius 2 is 1.71 bits per heavy atom. The molecule has 0 radical (unpaired) electrons. The quantitative estimate of drug-likeness (QED) is 0.306. The lowest BCUT2D eigenvalue weighted by Gasteiger charge is -2.31. The van der Waals surface area contributed by atoms with Crippen LogP contribution in [0.4, 0.5) is 4.79 Å². The molecular formula is C30H39N3O4S. The summed E-state index contributed by atoms with van der Waals surface area (Å²) in [6, 6.07) is 19.4. The molecule has 1 N–H and O–H groups in total. The average molecular weight is 538 g/mol. The molecule has 0 bridgehead atoms. The molecule has 1 atom stereocenters. The molecule has 3 rings (SSSR count). The smallest absolute Gasteiger partial charge is 0.318 e. The number of nitrogens with zero attached hydrogens (tertiary/aromatic N) is 2. The van der Waals surface area contributed by atoms with Crippen LogP contribution >= 0.6 is 11.3 Å². The van der Waals surface area contributed by atoms with Gasteiger partial charge in [-0.05, 0) is 62.1 Å². The van der Waals surface area contributed by atoms with Crippen LogP contribution in [0.5, 0.6) is 11.5 Å². The maximum atomic E-state index is 13.7. The van der Waals surface area contributed by atoms with Crippen molar-refractivity contribution in [3.8, 4) is 11.5 Å². The molecule has 0 aliphatic carbocycles. The van der Waals surface area contributed by atoms with E-state index in [-0.39, 0.29) is 24.5 Å². The lowest BCUT2D eigenvalue weighted by atomic mass is 10.1. The highest BCUT2D eigenvalue weighted by atomic mass is 32.1. The SMILES string of the molecule is CCC(C)N(CC(=O)N(CCc1ccc(OC)c(OC)c1)Cc1ccc(C)s1)C(=O)NCc1ccccc1. The molecule has 1 unspecified atom stereocenters. The standard InChI is InChI=1S/C30H39N3O4S/c1-6-22(2)33(30(35)31-19-25-10-8-7-9-11-25)21-29(34)32(20-26-14-12-23(3)38-26)17-16-24-13-15-27(36-4)28(18-24)37-5/h7-15,18,22H,6,16-17,19-21H2,1-5H3,(H,31,35). The molecule has 7 nitrogen and oxygen atoms in total. The van der Waals surface area contributed by atoms with Crippen LogP contribution in [0.1, 0.15) is 41.1 Å². The number of hydrogen-bond donors (Lipinski definition) is 1. The lowest BCUT2D eigenvalue weighted by Crippen LogP contribution is -2.50. The third-order valence-electron chi connectivity index (χ3n) is 6.59. The van der Waals surface area contributed by atoms with Crippen LogP contribution < -0.4 is 14.8 Å². The van der Waals surface area contributed by atoms with Gasteiger partial charge in [0.25, 0.3) is 0 Å². The predicted octanol–water partition coefficient (Wildman–Crippen LogP) is 5.66. The van der Waals surface area contributed by atoms with Gasteiger partial charge in [0.1, 0.15) is 6.54 Å². The minimum Gasteiger partial charge on any atom is -0.493 e. The molecule has 0 spiro atoms. The van der Waals surface area contributed by atoms with Gasteiger partial charge in [0.2, 0.25) is 5.91 Å². The van der Waals surface area contributed by atoms with E-state index in [2.05, 4.69) is 24.4 Å². The van der Waals surface area contributed by atoms with Gasteiger partial charge in [0.05, 0.1) is 20.8 Å². The van der Waals surface area contributed by atoms with Crippen molar-refractivity contribution in [3.05, 3.63) is 81.5 Å². The van der Waals surface area contributed by atoms with E-state index in [1.807, 2.05) is 67.3 Å². The fourth-order valence-corrected chi connectivity index (χ4v) is 5.03. The molecular weight excluding hydrogens is 498 g/mol. The van der Waals surface area contributed by atoms with Gasteiger partial charge in [0, 0.05) is 28.9 Å². The monoisotopic (exact) mass is 537 g/mol. The van der Waals surface area contributed by atoms with Crippen LogP contribution in [0.15, 0.2) is 60.7 Å². The first-order valence-corrected chi connectivity index (χ1v) is 13.8. The summed E-state index contributed by atoms with van der Waals surface area (Å²) in [5, 5.41) is 2.99. The Labute approximate surface area is 230 Å².